The largest absolute Gasteiger partial charge is 0.306 e. The molecule has 3 heterocycles. The first-order valence-electron chi connectivity index (χ1n) is 15.9. The van der Waals surface area contributed by atoms with Crippen LogP contribution in [0.15, 0.2) is 176 Å². The lowest BCUT2D eigenvalue weighted by molar-refractivity contribution is 1.27. The van der Waals surface area contributed by atoms with E-state index in [0.717, 1.165) is 50.2 Å². The Hall–Kier alpha value is -6.32. The molecule has 0 fully saturated rings. The van der Waals surface area contributed by atoms with Crippen molar-refractivity contribution < 1.29 is 0 Å². The number of hydrogen-bond acceptors (Lipinski definition) is 2. The zero-order valence-electron chi connectivity index (χ0n) is 25.6. The van der Waals surface area contributed by atoms with Crippen molar-refractivity contribution in [3.63, 3.8) is 0 Å². The van der Waals surface area contributed by atoms with Gasteiger partial charge in [-0.25, -0.2) is 4.98 Å². The van der Waals surface area contributed by atoms with Gasteiger partial charge in [0.2, 0.25) is 0 Å². The predicted octanol–water partition coefficient (Wildman–Crippen LogP) is 11.4. The molecule has 0 unspecified atom stereocenters. The molecule has 0 bridgehead atoms. The van der Waals surface area contributed by atoms with Gasteiger partial charge in [-0.1, -0.05) is 133 Å². The fourth-order valence-corrected chi connectivity index (χ4v) is 6.76. The highest BCUT2D eigenvalue weighted by atomic mass is 14.9. The summed E-state index contributed by atoms with van der Waals surface area (Å²) < 4.78 is 2.34. The number of nitrogens with zero attached hydrogens (tertiary/aromatic N) is 3. The van der Waals surface area contributed by atoms with Gasteiger partial charge in [-0.3, -0.25) is 4.98 Å². The number of hydrogen-bond donors (Lipinski definition) is 0. The van der Waals surface area contributed by atoms with Crippen LogP contribution in [0.3, 0.4) is 0 Å². The third-order valence-electron chi connectivity index (χ3n) is 9.03. The Labute approximate surface area is 273 Å². The number of aromatic nitrogens is 3. The maximum Gasteiger partial charge on any atom is 0.0871 e. The predicted molar refractivity (Wildman–Crippen MR) is 195 cm³/mol. The lowest BCUT2D eigenvalue weighted by atomic mass is 9.95. The van der Waals surface area contributed by atoms with Crippen molar-refractivity contribution >= 4 is 27.5 Å². The van der Waals surface area contributed by atoms with E-state index in [1.54, 1.807) is 0 Å². The van der Waals surface area contributed by atoms with Crippen molar-refractivity contribution in [3.05, 3.63) is 176 Å². The fraction of sp³-hybridized carbons (Fsp3) is 0. The molecule has 0 aliphatic heterocycles. The summed E-state index contributed by atoms with van der Waals surface area (Å²) in [4.78, 5) is 9.89. The topological polar surface area (TPSA) is 30.2 Å². The van der Waals surface area contributed by atoms with Crippen LogP contribution in [0.25, 0.3) is 83.3 Å². The van der Waals surface area contributed by atoms with Gasteiger partial charge in [0.25, 0.3) is 0 Å². The van der Waals surface area contributed by atoms with Crippen molar-refractivity contribution in [1.29, 1.82) is 0 Å². The van der Waals surface area contributed by atoms with Gasteiger partial charge in [0.1, 0.15) is 0 Å². The van der Waals surface area contributed by atoms with E-state index in [4.69, 9.17) is 9.97 Å². The van der Waals surface area contributed by atoms with E-state index < -0.39 is 0 Å². The summed E-state index contributed by atoms with van der Waals surface area (Å²) in [5, 5.41) is 1.22. The Morgan fingerprint density at radius 1 is 0.362 bits per heavy atom. The summed E-state index contributed by atoms with van der Waals surface area (Å²) in [5.74, 6) is 0. The molecule has 0 saturated heterocycles. The zero-order valence-corrected chi connectivity index (χ0v) is 25.6. The average Bonchev–Trinajstić information content (AvgIpc) is 3.50. The summed E-state index contributed by atoms with van der Waals surface area (Å²) >= 11 is 0. The van der Waals surface area contributed by atoms with Gasteiger partial charge in [0.05, 0.1) is 39.7 Å². The summed E-state index contributed by atoms with van der Waals surface area (Å²) in [7, 11) is 0. The van der Waals surface area contributed by atoms with Crippen LogP contribution in [0.5, 0.6) is 0 Å². The quantitative estimate of drug-likeness (QED) is 0.197. The van der Waals surface area contributed by atoms with Crippen LogP contribution in [0.4, 0.5) is 0 Å². The number of fused-ring (bicyclic) bond motifs is 5. The number of rotatable bonds is 5. The number of pyridine rings is 1. The molecule has 0 amide bonds. The molecule has 0 saturated carbocycles. The van der Waals surface area contributed by atoms with Crippen LogP contribution in [-0.4, -0.2) is 14.4 Å². The van der Waals surface area contributed by atoms with Crippen LogP contribution in [0.2, 0.25) is 0 Å². The van der Waals surface area contributed by atoms with Gasteiger partial charge in [-0.05, 0) is 64.2 Å². The van der Waals surface area contributed by atoms with Crippen LogP contribution < -0.4 is 0 Å². The summed E-state index contributed by atoms with van der Waals surface area (Å²) in [6, 6.07) is 60.0. The zero-order chi connectivity index (χ0) is 31.2. The highest BCUT2D eigenvalue weighted by Gasteiger charge is 2.16. The van der Waals surface area contributed by atoms with Crippen molar-refractivity contribution in [2.24, 2.45) is 0 Å². The molecule has 9 aromatic rings. The van der Waals surface area contributed by atoms with Crippen molar-refractivity contribution in [3.8, 4) is 55.9 Å². The van der Waals surface area contributed by atoms with E-state index in [-0.39, 0.29) is 0 Å². The molecule has 3 heteroatoms. The van der Waals surface area contributed by atoms with Crippen molar-refractivity contribution in [2.75, 3.05) is 0 Å². The first-order valence-corrected chi connectivity index (χ1v) is 15.9. The smallest absolute Gasteiger partial charge is 0.0871 e. The van der Waals surface area contributed by atoms with Crippen LogP contribution in [0.1, 0.15) is 0 Å². The van der Waals surface area contributed by atoms with E-state index >= 15 is 0 Å². The van der Waals surface area contributed by atoms with Gasteiger partial charge >= 0.3 is 0 Å². The third kappa shape index (κ3) is 4.77. The minimum Gasteiger partial charge on any atom is -0.306 e. The molecule has 0 aliphatic rings. The maximum absolute atomic E-state index is 5.05. The molecule has 0 radical (unpaired) electrons. The van der Waals surface area contributed by atoms with Crippen LogP contribution in [0, 0.1) is 0 Å². The highest BCUT2D eigenvalue weighted by molar-refractivity contribution is 6.08. The van der Waals surface area contributed by atoms with Crippen molar-refractivity contribution in [2.45, 2.75) is 0 Å². The SMILES string of the molecule is c1ccc(-c2cc(-c3ccc(-c4cccc(-c5c6ccccc6n6c5cnc5ccccc56)c4)cc3)cc(-c3ccccc3)n2)cc1. The molecule has 47 heavy (non-hydrogen) atoms. The molecule has 220 valence electrons. The lowest BCUT2D eigenvalue weighted by Crippen LogP contribution is -1.91. The van der Waals surface area contributed by atoms with E-state index in [1.165, 1.54) is 33.2 Å². The number of benzene rings is 6. The summed E-state index contributed by atoms with van der Waals surface area (Å²) in [6.45, 7) is 0. The molecule has 0 aliphatic carbocycles. The second-order valence-electron chi connectivity index (χ2n) is 11.9. The lowest BCUT2D eigenvalue weighted by Gasteiger charge is -2.11. The highest BCUT2D eigenvalue weighted by Crippen LogP contribution is 2.39. The second kappa shape index (κ2) is 11.2. The van der Waals surface area contributed by atoms with Crippen LogP contribution in [-0.2, 0) is 0 Å². The Bertz CT molecular complexity index is 2490. The molecule has 0 atom stereocenters. The van der Waals surface area contributed by atoms with Gasteiger partial charge in [0, 0.05) is 22.1 Å². The fourth-order valence-electron chi connectivity index (χ4n) is 6.76. The molecule has 3 aromatic heterocycles. The first kappa shape index (κ1) is 27.0. The maximum atomic E-state index is 5.05. The number of para-hydroxylation sites is 3. The minimum atomic E-state index is 0.966. The van der Waals surface area contributed by atoms with E-state index in [1.807, 2.05) is 24.4 Å². The molecular weight excluding hydrogens is 571 g/mol. The van der Waals surface area contributed by atoms with Gasteiger partial charge < -0.3 is 4.40 Å². The molecule has 0 N–H and O–H groups in total. The first-order chi connectivity index (χ1) is 23.3. The second-order valence-corrected chi connectivity index (χ2v) is 11.9. The minimum absolute atomic E-state index is 0.966. The van der Waals surface area contributed by atoms with Gasteiger partial charge in [0.15, 0.2) is 0 Å². The molecule has 9 rings (SSSR count). The van der Waals surface area contributed by atoms with E-state index in [9.17, 15) is 0 Å². The Morgan fingerprint density at radius 3 is 1.62 bits per heavy atom. The van der Waals surface area contributed by atoms with Gasteiger partial charge in [-0.2, -0.15) is 0 Å². The average molecular weight is 600 g/mol. The Balaban J connectivity index is 1.13. The molecule has 0 spiro atoms. The van der Waals surface area contributed by atoms with E-state index in [0.29, 0.717) is 0 Å². The van der Waals surface area contributed by atoms with Crippen molar-refractivity contribution in [1.82, 2.24) is 14.4 Å². The van der Waals surface area contributed by atoms with E-state index in [2.05, 4.69) is 156 Å². The van der Waals surface area contributed by atoms with Gasteiger partial charge in [-0.15, -0.1) is 0 Å². The summed E-state index contributed by atoms with van der Waals surface area (Å²) in [6.07, 6.45) is 2.02. The molecular formula is C44H29N3. The van der Waals surface area contributed by atoms with Crippen LogP contribution >= 0.6 is 0 Å². The molecule has 6 aromatic carbocycles. The summed E-state index contributed by atoms with van der Waals surface area (Å²) in [5.41, 5.74) is 15.6. The third-order valence-corrected chi connectivity index (χ3v) is 9.03. The Kier molecular flexibility index (Phi) is 6.46. The standard InChI is InChI=1S/C44H29N3/c1-3-12-32(13-4-1)39-27-36(28-40(46-39)33-14-5-2-6-15-33)31-24-22-30(23-25-31)34-16-11-17-35(26-34)44-37-18-7-9-20-41(37)47-42-21-10-8-19-38(42)45-29-43(44)47/h1-29H. The monoisotopic (exact) mass is 599 g/mol. The normalized spacial score (nSPS) is 11.4. The molecule has 3 nitrogen and oxygen atoms in total. The Morgan fingerprint density at radius 2 is 0.915 bits per heavy atom.